The van der Waals surface area contributed by atoms with E-state index in [-0.39, 0.29) is 5.56 Å². The number of aryl methyl sites for hydroxylation is 1. The van der Waals surface area contributed by atoms with Crippen molar-refractivity contribution in [1.82, 2.24) is 9.97 Å². The van der Waals surface area contributed by atoms with Gasteiger partial charge in [0.2, 0.25) is 0 Å². The third kappa shape index (κ3) is 2.53. The molecule has 3 rings (SSSR count). The van der Waals surface area contributed by atoms with Gasteiger partial charge in [-0.05, 0) is 37.3 Å². The summed E-state index contributed by atoms with van der Waals surface area (Å²) in [7, 11) is 0. The van der Waals surface area contributed by atoms with E-state index >= 15 is 0 Å². The van der Waals surface area contributed by atoms with Gasteiger partial charge in [0.1, 0.15) is 0 Å². The molecule has 2 aromatic heterocycles. The maximum atomic E-state index is 12.0. The van der Waals surface area contributed by atoms with Gasteiger partial charge in [0.15, 0.2) is 5.82 Å². The Labute approximate surface area is 124 Å². The number of halogens is 1. The Morgan fingerprint density at radius 1 is 1.30 bits per heavy atom. The lowest BCUT2D eigenvalue weighted by molar-refractivity contribution is 1.14. The Morgan fingerprint density at radius 3 is 2.85 bits per heavy atom. The Bertz CT molecular complexity index is 863. The highest BCUT2D eigenvalue weighted by Gasteiger charge is 2.06. The van der Waals surface area contributed by atoms with Crippen LogP contribution in [0.2, 0.25) is 0 Å². The second-order valence-corrected chi connectivity index (χ2v) is 6.10. The summed E-state index contributed by atoms with van der Waals surface area (Å²) in [4.78, 5) is 21.3. The van der Waals surface area contributed by atoms with Crippen LogP contribution in [0.4, 0.5) is 0 Å². The van der Waals surface area contributed by atoms with E-state index in [2.05, 4.69) is 9.97 Å². The highest BCUT2D eigenvalue weighted by molar-refractivity contribution is 7.12. The van der Waals surface area contributed by atoms with Gasteiger partial charge in [0, 0.05) is 9.75 Å². The summed E-state index contributed by atoms with van der Waals surface area (Å²) < 4.78 is 0. The number of benzene rings is 1. The third-order valence-corrected chi connectivity index (χ3v) is 4.11. The number of rotatable bonds is 2. The van der Waals surface area contributed by atoms with Crippen molar-refractivity contribution >= 4 is 44.9 Å². The molecule has 0 saturated heterocycles. The Morgan fingerprint density at radius 2 is 2.10 bits per heavy atom. The smallest absolute Gasteiger partial charge is 0.259 e. The molecule has 20 heavy (non-hydrogen) atoms. The highest BCUT2D eigenvalue weighted by Crippen LogP contribution is 2.24. The van der Waals surface area contributed by atoms with Crippen LogP contribution in [0.5, 0.6) is 0 Å². The second kappa shape index (κ2) is 5.23. The first kappa shape index (κ1) is 13.1. The van der Waals surface area contributed by atoms with Crippen LogP contribution in [0.15, 0.2) is 41.2 Å². The van der Waals surface area contributed by atoms with Crippen molar-refractivity contribution in [2.24, 2.45) is 0 Å². The van der Waals surface area contributed by atoms with Crippen LogP contribution < -0.4 is 5.56 Å². The first-order chi connectivity index (χ1) is 9.63. The topological polar surface area (TPSA) is 45.8 Å². The molecule has 0 bridgehead atoms. The van der Waals surface area contributed by atoms with Crippen LogP contribution in [-0.4, -0.2) is 9.97 Å². The fourth-order valence-electron chi connectivity index (χ4n) is 1.92. The SMILES string of the molecule is Cc1ccc(/C=C(\Cl)c2nc3ccccc3c(=O)[nH]2)s1. The molecule has 0 amide bonds. The van der Waals surface area contributed by atoms with Gasteiger partial charge < -0.3 is 4.98 Å². The lowest BCUT2D eigenvalue weighted by Gasteiger charge is -2.01. The minimum absolute atomic E-state index is 0.181. The van der Waals surface area contributed by atoms with Crippen molar-refractivity contribution in [2.45, 2.75) is 6.92 Å². The van der Waals surface area contributed by atoms with Gasteiger partial charge in [0.05, 0.1) is 15.9 Å². The molecule has 0 fully saturated rings. The van der Waals surface area contributed by atoms with Crippen molar-refractivity contribution in [3.63, 3.8) is 0 Å². The lowest BCUT2D eigenvalue weighted by atomic mass is 10.2. The zero-order valence-corrected chi connectivity index (χ0v) is 12.3. The van der Waals surface area contributed by atoms with Crippen molar-refractivity contribution in [2.75, 3.05) is 0 Å². The molecule has 0 radical (unpaired) electrons. The molecule has 3 aromatic rings. The van der Waals surface area contributed by atoms with Crippen LogP contribution in [0, 0.1) is 6.92 Å². The molecule has 0 spiro atoms. The number of H-pyrrole nitrogens is 1. The summed E-state index contributed by atoms with van der Waals surface area (Å²) in [6.07, 6.45) is 1.81. The summed E-state index contributed by atoms with van der Waals surface area (Å²) in [5.74, 6) is 0.390. The minimum atomic E-state index is -0.181. The van der Waals surface area contributed by atoms with Gasteiger partial charge in [-0.15, -0.1) is 11.3 Å². The van der Waals surface area contributed by atoms with Gasteiger partial charge in [-0.2, -0.15) is 0 Å². The molecular weight excluding hydrogens is 292 g/mol. The first-order valence-electron chi connectivity index (χ1n) is 6.06. The third-order valence-electron chi connectivity index (χ3n) is 2.87. The van der Waals surface area contributed by atoms with Crippen molar-refractivity contribution < 1.29 is 0 Å². The monoisotopic (exact) mass is 302 g/mol. The van der Waals surface area contributed by atoms with Crippen LogP contribution in [0.25, 0.3) is 22.0 Å². The van der Waals surface area contributed by atoms with Crippen molar-refractivity contribution in [3.8, 4) is 0 Å². The lowest BCUT2D eigenvalue weighted by Crippen LogP contribution is -2.10. The summed E-state index contributed by atoms with van der Waals surface area (Å²) in [6.45, 7) is 2.03. The predicted octanol–water partition coefficient (Wildman–Crippen LogP) is 4.03. The fraction of sp³-hybridized carbons (Fsp3) is 0.0667. The number of hydrogen-bond donors (Lipinski definition) is 1. The fourth-order valence-corrected chi connectivity index (χ4v) is 3.02. The molecule has 0 saturated carbocycles. The summed E-state index contributed by atoms with van der Waals surface area (Å²) in [5, 5.41) is 0.988. The zero-order chi connectivity index (χ0) is 14.1. The van der Waals surface area contributed by atoms with Crippen LogP contribution in [0.3, 0.4) is 0 Å². The van der Waals surface area contributed by atoms with E-state index in [0.29, 0.717) is 21.8 Å². The average molecular weight is 303 g/mol. The Balaban J connectivity index is 2.10. The molecule has 0 aliphatic heterocycles. The van der Waals surface area contributed by atoms with Gasteiger partial charge >= 0.3 is 0 Å². The minimum Gasteiger partial charge on any atom is -0.305 e. The number of nitrogens with one attached hydrogen (secondary N) is 1. The number of aromatic amines is 1. The molecule has 2 heterocycles. The van der Waals surface area contributed by atoms with E-state index in [0.717, 1.165) is 4.88 Å². The molecular formula is C15H11ClN2OS. The first-order valence-corrected chi connectivity index (χ1v) is 7.26. The molecule has 0 unspecified atom stereocenters. The van der Waals surface area contributed by atoms with Gasteiger partial charge in [-0.3, -0.25) is 4.79 Å². The summed E-state index contributed by atoms with van der Waals surface area (Å²) in [6, 6.07) is 11.2. The number of thiophene rings is 1. The normalized spacial score (nSPS) is 12.0. The van der Waals surface area contributed by atoms with Gasteiger partial charge in [-0.25, -0.2) is 4.98 Å². The Hall–Kier alpha value is -1.91. The number of aromatic nitrogens is 2. The van der Waals surface area contributed by atoms with Crippen LogP contribution >= 0.6 is 22.9 Å². The standard InChI is InChI=1S/C15H11ClN2OS/c1-9-6-7-10(20-9)8-12(16)14-17-13-5-3-2-4-11(13)15(19)18-14/h2-8H,1H3,(H,17,18,19)/b12-8-. The number of nitrogens with zero attached hydrogens (tertiary/aromatic N) is 1. The maximum absolute atomic E-state index is 12.0. The van der Waals surface area contributed by atoms with Crippen molar-refractivity contribution in [1.29, 1.82) is 0 Å². The maximum Gasteiger partial charge on any atom is 0.259 e. The van der Waals surface area contributed by atoms with E-state index < -0.39 is 0 Å². The van der Waals surface area contributed by atoms with Crippen molar-refractivity contribution in [3.05, 3.63) is 62.3 Å². The molecule has 1 aromatic carbocycles. The largest absolute Gasteiger partial charge is 0.305 e. The van der Waals surface area contributed by atoms with E-state index in [1.54, 1.807) is 23.5 Å². The van der Waals surface area contributed by atoms with Gasteiger partial charge in [-0.1, -0.05) is 23.7 Å². The highest BCUT2D eigenvalue weighted by atomic mass is 35.5. The molecule has 0 aliphatic carbocycles. The number of hydrogen-bond acceptors (Lipinski definition) is 3. The number of para-hydroxylation sites is 1. The van der Waals surface area contributed by atoms with E-state index in [1.165, 1.54) is 4.88 Å². The quantitative estimate of drug-likeness (QED) is 0.777. The zero-order valence-electron chi connectivity index (χ0n) is 10.7. The average Bonchev–Trinajstić information content (AvgIpc) is 2.84. The second-order valence-electron chi connectivity index (χ2n) is 4.37. The van der Waals surface area contributed by atoms with E-state index in [4.69, 9.17) is 11.6 Å². The number of fused-ring (bicyclic) bond motifs is 1. The van der Waals surface area contributed by atoms with E-state index in [9.17, 15) is 4.79 Å². The Kier molecular flexibility index (Phi) is 3.42. The molecule has 3 nitrogen and oxygen atoms in total. The molecule has 1 N–H and O–H groups in total. The van der Waals surface area contributed by atoms with Gasteiger partial charge in [0.25, 0.3) is 5.56 Å². The molecule has 0 atom stereocenters. The molecule has 0 aliphatic rings. The molecule has 100 valence electrons. The summed E-state index contributed by atoms with van der Waals surface area (Å²) in [5.41, 5.74) is 0.458. The predicted molar refractivity (Wildman–Crippen MR) is 85.1 cm³/mol. The molecule has 5 heteroatoms. The summed E-state index contributed by atoms with van der Waals surface area (Å²) >= 11 is 7.90. The van der Waals surface area contributed by atoms with Crippen LogP contribution in [0.1, 0.15) is 15.6 Å². The van der Waals surface area contributed by atoms with E-state index in [1.807, 2.05) is 37.3 Å². The van der Waals surface area contributed by atoms with Crippen LogP contribution in [-0.2, 0) is 0 Å².